The highest BCUT2D eigenvalue weighted by atomic mass is 32.2. The minimum absolute atomic E-state index is 0.125. The van der Waals surface area contributed by atoms with Crippen molar-refractivity contribution < 1.29 is 32.7 Å². The summed E-state index contributed by atoms with van der Waals surface area (Å²) in [6, 6.07) is -1.13. The van der Waals surface area contributed by atoms with Gasteiger partial charge in [0.05, 0.1) is 11.4 Å². The van der Waals surface area contributed by atoms with Gasteiger partial charge in [0.2, 0.25) is 0 Å². The smallest absolute Gasteiger partial charge is 0.355 e. The highest BCUT2D eigenvalue weighted by Crippen LogP contribution is 2.31. The molecule has 0 unspecified atom stereocenters. The quantitative estimate of drug-likeness (QED) is 0.326. The van der Waals surface area contributed by atoms with Crippen LogP contribution in [0.3, 0.4) is 0 Å². The maximum absolute atomic E-state index is 12.7. The highest BCUT2D eigenvalue weighted by molar-refractivity contribution is 7.94. The SMILES string of the molecule is CO/N=C(\C(=O)N[C@@H]1CN2CC(S(C)(=O)=O)=C(C(=O)O)N2C1=O)c1csc(N)n1. The van der Waals surface area contributed by atoms with E-state index in [4.69, 9.17) is 5.73 Å². The number of sulfone groups is 1. The van der Waals surface area contributed by atoms with E-state index in [0.717, 1.165) is 22.6 Å². The maximum atomic E-state index is 12.7. The van der Waals surface area contributed by atoms with Crippen molar-refractivity contribution in [1.82, 2.24) is 20.3 Å². The van der Waals surface area contributed by atoms with E-state index in [1.807, 2.05) is 0 Å². The molecule has 2 aliphatic heterocycles. The van der Waals surface area contributed by atoms with Crippen LogP contribution in [0.15, 0.2) is 21.1 Å². The molecule has 2 aliphatic rings. The summed E-state index contributed by atoms with van der Waals surface area (Å²) in [6.45, 7) is -0.417. The van der Waals surface area contributed by atoms with Crippen molar-refractivity contribution in [3.05, 3.63) is 21.7 Å². The third-order valence-corrected chi connectivity index (χ3v) is 5.99. The Bertz CT molecular complexity index is 1060. The number of hydrogen-bond donors (Lipinski definition) is 3. The van der Waals surface area contributed by atoms with Crippen molar-refractivity contribution in [3.63, 3.8) is 0 Å². The van der Waals surface area contributed by atoms with Crippen molar-refractivity contribution in [2.24, 2.45) is 5.16 Å². The molecule has 1 fully saturated rings. The van der Waals surface area contributed by atoms with Gasteiger partial charge in [-0.3, -0.25) is 9.59 Å². The van der Waals surface area contributed by atoms with E-state index in [2.05, 4.69) is 20.3 Å². The molecule has 0 aromatic carbocycles. The first-order valence-electron chi connectivity index (χ1n) is 7.93. The number of carboxylic acid groups (broad SMARTS) is 1. The second-order valence-corrected chi connectivity index (χ2v) is 8.99. The van der Waals surface area contributed by atoms with Crippen LogP contribution in [0.5, 0.6) is 0 Å². The summed E-state index contributed by atoms with van der Waals surface area (Å²) in [5, 5.41) is 19.1. The number of carbonyl (C=O) groups excluding carboxylic acids is 2. The monoisotopic (exact) mass is 444 g/mol. The normalized spacial score (nSPS) is 20.2. The van der Waals surface area contributed by atoms with Crippen molar-refractivity contribution in [2.75, 3.05) is 32.2 Å². The Hall–Kier alpha value is -3.04. The Morgan fingerprint density at radius 3 is 2.69 bits per heavy atom. The van der Waals surface area contributed by atoms with Crippen LogP contribution in [0.4, 0.5) is 5.13 Å². The first-order valence-corrected chi connectivity index (χ1v) is 10.7. The number of nitrogens with zero attached hydrogens (tertiary/aromatic N) is 4. The number of carbonyl (C=O) groups is 3. The van der Waals surface area contributed by atoms with Gasteiger partial charge in [0.15, 0.2) is 26.4 Å². The van der Waals surface area contributed by atoms with E-state index < -0.39 is 39.4 Å². The topological polar surface area (TPSA) is 185 Å². The van der Waals surface area contributed by atoms with Crippen LogP contribution < -0.4 is 11.1 Å². The summed E-state index contributed by atoms with van der Waals surface area (Å²) < 4.78 is 23.7. The van der Waals surface area contributed by atoms with Gasteiger partial charge in [-0.2, -0.15) is 0 Å². The van der Waals surface area contributed by atoms with Gasteiger partial charge in [-0.05, 0) is 0 Å². The summed E-state index contributed by atoms with van der Waals surface area (Å²) in [4.78, 5) is 45.1. The molecule has 156 valence electrons. The summed E-state index contributed by atoms with van der Waals surface area (Å²) in [5.41, 5.74) is 4.83. The predicted octanol–water partition coefficient (Wildman–Crippen LogP) is -2.03. The minimum atomic E-state index is -3.84. The fourth-order valence-corrected chi connectivity index (χ4v) is 4.39. The molecule has 0 radical (unpaired) electrons. The van der Waals surface area contributed by atoms with Crippen LogP contribution in [0.25, 0.3) is 0 Å². The van der Waals surface area contributed by atoms with Crippen LogP contribution >= 0.6 is 11.3 Å². The van der Waals surface area contributed by atoms with Gasteiger partial charge in [-0.25, -0.2) is 28.2 Å². The molecular weight excluding hydrogens is 428 g/mol. The van der Waals surface area contributed by atoms with Gasteiger partial charge in [0, 0.05) is 18.2 Å². The van der Waals surface area contributed by atoms with Crippen molar-refractivity contribution >= 4 is 49.8 Å². The van der Waals surface area contributed by atoms with E-state index in [1.54, 1.807) is 0 Å². The Balaban J connectivity index is 1.84. The number of aromatic nitrogens is 1. The summed E-state index contributed by atoms with van der Waals surface area (Å²) >= 11 is 1.08. The molecule has 0 saturated carbocycles. The largest absolute Gasteiger partial charge is 0.476 e. The average molecular weight is 444 g/mol. The van der Waals surface area contributed by atoms with Crippen molar-refractivity contribution in [3.8, 4) is 0 Å². The molecule has 15 heteroatoms. The molecule has 3 heterocycles. The number of oxime groups is 1. The number of nitrogens with two attached hydrogens (primary N) is 1. The molecule has 2 amide bonds. The van der Waals surface area contributed by atoms with E-state index in [1.165, 1.54) is 17.5 Å². The van der Waals surface area contributed by atoms with Gasteiger partial charge in [-0.1, -0.05) is 5.16 Å². The third-order valence-electron chi connectivity index (χ3n) is 4.10. The van der Waals surface area contributed by atoms with E-state index in [9.17, 15) is 27.9 Å². The van der Waals surface area contributed by atoms with Gasteiger partial charge in [0.25, 0.3) is 11.8 Å². The maximum Gasteiger partial charge on any atom is 0.355 e. The third kappa shape index (κ3) is 3.79. The number of rotatable bonds is 6. The first-order chi connectivity index (χ1) is 13.5. The van der Waals surface area contributed by atoms with Gasteiger partial charge < -0.3 is 21.0 Å². The number of thiazole rings is 1. The van der Waals surface area contributed by atoms with Gasteiger partial charge >= 0.3 is 5.97 Å². The lowest BCUT2D eigenvalue weighted by Gasteiger charge is -2.18. The zero-order valence-electron chi connectivity index (χ0n) is 15.1. The first kappa shape index (κ1) is 20.7. The number of hydrazine groups is 1. The lowest BCUT2D eigenvalue weighted by Crippen LogP contribution is -2.46. The fourth-order valence-electron chi connectivity index (χ4n) is 2.93. The van der Waals surface area contributed by atoms with Crippen molar-refractivity contribution in [2.45, 2.75) is 6.04 Å². The second-order valence-electron chi connectivity index (χ2n) is 6.07. The number of carboxylic acids is 1. The molecule has 13 nitrogen and oxygen atoms in total. The molecule has 1 aromatic rings. The summed E-state index contributed by atoms with van der Waals surface area (Å²) in [5.74, 6) is -3.14. The number of aliphatic carboxylic acids is 1. The van der Waals surface area contributed by atoms with E-state index in [-0.39, 0.29) is 34.5 Å². The van der Waals surface area contributed by atoms with Crippen LogP contribution in [0, 0.1) is 0 Å². The van der Waals surface area contributed by atoms with Gasteiger partial charge in [0.1, 0.15) is 18.8 Å². The molecule has 29 heavy (non-hydrogen) atoms. The molecule has 1 atom stereocenters. The molecule has 0 bridgehead atoms. The Labute approximate surface area is 168 Å². The minimum Gasteiger partial charge on any atom is -0.476 e. The Morgan fingerprint density at radius 1 is 1.48 bits per heavy atom. The van der Waals surface area contributed by atoms with Crippen LogP contribution in [-0.4, -0.2) is 84.5 Å². The van der Waals surface area contributed by atoms with E-state index >= 15 is 0 Å². The lowest BCUT2D eigenvalue weighted by atomic mass is 10.2. The Kier molecular flexibility index (Phi) is 5.29. The number of nitrogens with one attached hydrogen (secondary N) is 1. The standard InChI is InChI=1S/C14H16N6O7S2/c1-27-18-9(7-5-28-14(15)17-7)11(21)16-6-3-19-4-8(29(2,25)26)10(13(23)24)20(19)12(6)22/h5-6H,3-4H2,1-2H3,(H2,15,17)(H,16,21)(H,23,24)/b18-9-/t6-/m1/s1. The molecule has 3 rings (SSSR count). The van der Waals surface area contributed by atoms with Crippen LogP contribution in [0.1, 0.15) is 5.69 Å². The molecule has 0 aliphatic carbocycles. The summed E-state index contributed by atoms with van der Waals surface area (Å²) in [6.07, 6.45) is 0.866. The van der Waals surface area contributed by atoms with E-state index in [0.29, 0.717) is 0 Å². The molecular formula is C14H16N6O7S2. The Morgan fingerprint density at radius 2 is 2.17 bits per heavy atom. The molecule has 1 saturated heterocycles. The van der Waals surface area contributed by atoms with Crippen molar-refractivity contribution in [1.29, 1.82) is 0 Å². The number of fused-ring (bicyclic) bond motifs is 1. The average Bonchev–Trinajstić information content (AvgIpc) is 3.28. The number of nitrogen functional groups attached to an aromatic ring is 1. The number of hydrogen-bond acceptors (Lipinski definition) is 11. The number of anilines is 1. The second kappa shape index (κ2) is 7.41. The summed E-state index contributed by atoms with van der Waals surface area (Å²) in [7, 11) is -2.61. The lowest BCUT2D eigenvalue weighted by molar-refractivity contribution is -0.143. The fraction of sp³-hybridized carbons (Fsp3) is 0.357. The molecule has 4 N–H and O–H groups in total. The number of amides is 2. The molecule has 0 spiro atoms. The van der Waals surface area contributed by atoms with Crippen LogP contribution in [-0.2, 0) is 29.1 Å². The molecule has 1 aromatic heterocycles. The highest BCUT2D eigenvalue weighted by Gasteiger charge is 2.50. The zero-order chi connectivity index (χ0) is 21.5. The van der Waals surface area contributed by atoms with Gasteiger partial charge in [-0.15, -0.1) is 11.3 Å². The van der Waals surface area contributed by atoms with Crippen LogP contribution in [0.2, 0.25) is 0 Å². The predicted molar refractivity (Wildman–Crippen MR) is 99.9 cm³/mol. The zero-order valence-corrected chi connectivity index (χ0v) is 16.8.